The van der Waals surface area contributed by atoms with Crippen molar-refractivity contribution in [3.05, 3.63) is 62.7 Å². The number of methoxy groups -OCH3 is 1. The average molecular weight is 419 g/mol. The van der Waals surface area contributed by atoms with Crippen molar-refractivity contribution in [3.8, 4) is 11.5 Å². The van der Waals surface area contributed by atoms with Gasteiger partial charge in [-0.15, -0.1) is 0 Å². The number of non-ortho nitro benzene ring substituents is 1. The molecule has 0 aliphatic heterocycles. The Hall–Kier alpha value is -2.31. The van der Waals surface area contributed by atoms with E-state index in [0.29, 0.717) is 29.1 Å². The molecule has 1 saturated carbocycles. The first kappa shape index (κ1) is 21.4. The van der Waals surface area contributed by atoms with E-state index >= 15 is 0 Å². The number of nitro benzene ring substituents is 1. The Morgan fingerprint density at radius 1 is 1.10 bits per heavy atom. The van der Waals surface area contributed by atoms with Crippen molar-refractivity contribution in [2.24, 2.45) is 0 Å². The van der Waals surface area contributed by atoms with Crippen molar-refractivity contribution in [3.63, 3.8) is 0 Å². The number of hydrogen-bond acceptors (Lipinski definition) is 5. The van der Waals surface area contributed by atoms with E-state index in [4.69, 9.17) is 21.1 Å². The quantitative estimate of drug-likeness (QED) is 0.340. The van der Waals surface area contributed by atoms with Crippen LogP contribution in [0.1, 0.15) is 49.7 Å². The van der Waals surface area contributed by atoms with E-state index in [9.17, 15) is 10.1 Å². The van der Waals surface area contributed by atoms with Gasteiger partial charge in [-0.05, 0) is 42.2 Å². The smallest absolute Gasteiger partial charge is 0.269 e. The minimum Gasteiger partial charge on any atom is -0.493 e. The Bertz CT molecular complexity index is 818. The zero-order chi connectivity index (χ0) is 20.6. The van der Waals surface area contributed by atoms with Crippen LogP contribution in [-0.2, 0) is 13.2 Å². The Labute approximate surface area is 176 Å². The fraction of sp³-hybridized carbons (Fsp3) is 0.455. The van der Waals surface area contributed by atoms with Crippen LogP contribution in [0.5, 0.6) is 11.5 Å². The summed E-state index contributed by atoms with van der Waals surface area (Å²) in [5.41, 5.74) is 1.86. The molecule has 29 heavy (non-hydrogen) atoms. The molecule has 2 aromatic rings. The normalized spacial score (nSPS) is 15.0. The third-order valence-corrected chi connectivity index (χ3v) is 5.66. The van der Waals surface area contributed by atoms with Gasteiger partial charge in [0.05, 0.1) is 12.0 Å². The number of nitrogens with one attached hydrogen (secondary N) is 1. The highest BCUT2D eigenvalue weighted by Crippen LogP contribution is 2.34. The van der Waals surface area contributed by atoms with Crippen molar-refractivity contribution < 1.29 is 14.4 Å². The van der Waals surface area contributed by atoms with Crippen LogP contribution in [0.25, 0.3) is 0 Å². The molecule has 0 radical (unpaired) electrons. The van der Waals surface area contributed by atoms with Gasteiger partial charge in [-0.3, -0.25) is 10.1 Å². The molecular formula is C22H27ClN2O4. The van der Waals surface area contributed by atoms with Gasteiger partial charge in [0.2, 0.25) is 0 Å². The molecule has 0 saturated heterocycles. The van der Waals surface area contributed by atoms with Crippen LogP contribution >= 0.6 is 11.6 Å². The molecule has 0 amide bonds. The first-order valence-corrected chi connectivity index (χ1v) is 10.4. The molecule has 0 aromatic heterocycles. The molecule has 1 aliphatic carbocycles. The molecule has 0 unspecified atom stereocenters. The fourth-order valence-corrected chi connectivity index (χ4v) is 3.82. The summed E-state index contributed by atoms with van der Waals surface area (Å²) >= 11 is 6.50. The highest BCUT2D eigenvalue weighted by atomic mass is 35.5. The molecule has 0 atom stereocenters. The summed E-state index contributed by atoms with van der Waals surface area (Å²) in [4.78, 5) is 10.3. The molecule has 0 heterocycles. The lowest BCUT2D eigenvalue weighted by Crippen LogP contribution is -2.28. The minimum atomic E-state index is -0.421. The summed E-state index contributed by atoms with van der Waals surface area (Å²) in [6, 6.07) is 10.5. The van der Waals surface area contributed by atoms with E-state index in [1.165, 1.54) is 50.7 Å². The summed E-state index contributed by atoms with van der Waals surface area (Å²) < 4.78 is 11.4. The number of rotatable bonds is 8. The molecule has 1 fully saturated rings. The maximum absolute atomic E-state index is 10.8. The maximum atomic E-state index is 10.8. The second-order valence-corrected chi connectivity index (χ2v) is 7.78. The molecule has 2 aromatic carbocycles. The summed E-state index contributed by atoms with van der Waals surface area (Å²) in [5.74, 6) is 1.17. The number of nitrogens with zero attached hydrogens (tertiary/aromatic N) is 1. The van der Waals surface area contributed by atoms with Gasteiger partial charge in [0.1, 0.15) is 6.61 Å². The van der Waals surface area contributed by atoms with Gasteiger partial charge in [-0.25, -0.2) is 0 Å². The first-order chi connectivity index (χ1) is 14.1. The van der Waals surface area contributed by atoms with Crippen LogP contribution < -0.4 is 14.8 Å². The first-order valence-electron chi connectivity index (χ1n) is 10.0. The molecule has 3 rings (SSSR count). The SMILES string of the molecule is COc1cc(CNC2CCCCCC2)c(Cl)cc1OCc1ccc([N+](=O)[O-])cc1. The third-order valence-electron chi connectivity index (χ3n) is 5.31. The summed E-state index contributed by atoms with van der Waals surface area (Å²) in [7, 11) is 1.60. The lowest BCUT2D eigenvalue weighted by atomic mass is 10.1. The van der Waals surface area contributed by atoms with Crippen molar-refractivity contribution in [2.75, 3.05) is 7.11 Å². The van der Waals surface area contributed by atoms with Crippen LogP contribution in [0, 0.1) is 10.1 Å². The predicted molar refractivity (Wildman–Crippen MR) is 114 cm³/mol. The van der Waals surface area contributed by atoms with E-state index in [2.05, 4.69) is 5.32 Å². The summed E-state index contributed by atoms with van der Waals surface area (Å²) in [6.07, 6.45) is 7.64. The van der Waals surface area contributed by atoms with Gasteiger partial charge in [0.15, 0.2) is 11.5 Å². The van der Waals surface area contributed by atoms with Crippen LogP contribution in [0.4, 0.5) is 5.69 Å². The van der Waals surface area contributed by atoms with Gasteiger partial charge in [-0.1, -0.05) is 37.3 Å². The van der Waals surface area contributed by atoms with E-state index in [1.54, 1.807) is 25.3 Å². The number of halogens is 1. The average Bonchev–Trinajstić information content (AvgIpc) is 3.00. The second-order valence-electron chi connectivity index (χ2n) is 7.38. The standard InChI is InChI=1S/C22H27ClN2O4/c1-28-21-12-17(14-24-18-6-4-2-3-5-7-18)20(23)13-22(21)29-15-16-8-10-19(11-9-16)25(26)27/h8-13,18,24H,2-7,14-15H2,1H3. The Morgan fingerprint density at radius 2 is 1.79 bits per heavy atom. The number of nitro groups is 1. The lowest BCUT2D eigenvalue weighted by Gasteiger charge is -2.18. The van der Waals surface area contributed by atoms with Gasteiger partial charge >= 0.3 is 0 Å². The molecular weight excluding hydrogens is 392 g/mol. The highest BCUT2D eigenvalue weighted by Gasteiger charge is 2.15. The van der Waals surface area contributed by atoms with Gasteiger partial charge < -0.3 is 14.8 Å². The number of hydrogen-bond donors (Lipinski definition) is 1. The Kier molecular flexibility index (Phi) is 7.72. The molecule has 6 nitrogen and oxygen atoms in total. The van der Waals surface area contributed by atoms with E-state index in [1.807, 2.05) is 6.07 Å². The van der Waals surface area contributed by atoms with Crippen LogP contribution in [0.2, 0.25) is 5.02 Å². The van der Waals surface area contributed by atoms with Gasteiger partial charge in [-0.2, -0.15) is 0 Å². The topological polar surface area (TPSA) is 73.6 Å². The predicted octanol–water partition coefficient (Wildman–Crippen LogP) is 5.65. The molecule has 156 valence electrons. The zero-order valence-electron chi connectivity index (χ0n) is 16.7. The molecule has 7 heteroatoms. The van der Waals surface area contributed by atoms with Crippen LogP contribution in [-0.4, -0.2) is 18.1 Å². The monoisotopic (exact) mass is 418 g/mol. The van der Waals surface area contributed by atoms with E-state index in [-0.39, 0.29) is 12.3 Å². The van der Waals surface area contributed by atoms with Crippen molar-refractivity contribution in [2.45, 2.75) is 57.7 Å². The van der Waals surface area contributed by atoms with Crippen molar-refractivity contribution >= 4 is 17.3 Å². The maximum Gasteiger partial charge on any atom is 0.269 e. The van der Waals surface area contributed by atoms with Gasteiger partial charge in [0, 0.05) is 35.8 Å². The van der Waals surface area contributed by atoms with E-state index in [0.717, 1.165) is 11.1 Å². The van der Waals surface area contributed by atoms with Crippen molar-refractivity contribution in [1.82, 2.24) is 5.32 Å². The van der Waals surface area contributed by atoms with Gasteiger partial charge in [0.25, 0.3) is 5.69 Å². The molecule has 0 bridgehead atoms. The third kappa shape index (κ3) is 6.08. The minimum absolute atomic E-state index is 0.0555. The largest absolute Gasteiger partial charge is 0.493 e. The lowest BCUT2D eigenvalue weighted by molar-refractivity contribution is -0.384. The summed E-state index contributed by atoms with van der Waals surface area (Å²) in [6.45, 7) is 0.965. The number of benzene rings is 2. The zero-order valence-corrected chi connectivity index (χ0v) is 17.4. The Morgan fingerprint density at radius 3 is 2.41 bits per heavy atom. The number of ether oxygens (including phenoxy) is 2. The fourth-order valence-electron chi connectivity index (χ4n) is 3.60. The summed E-state index contributed by atoms with van der Waals surface area (Å²) in [5, 5.41) is 15.0. The molecule has 1 N–H and O–H groups in total. The highest BCUT2D eigenvalue weighted by molar-refractivity contribution is 6.31. The van der Waals surface area contributed by atoms with E-state index < -0.39 is 4.92 Å². The molecule has 0 spiro atoms. The van der Waals surface area contributed by atoms with Crippen LogP contribution in [0.3, 0.4) is 0 Å². The van der Waals surface area contributed by atoms with Crippen LogP contribution in [0.15, 0.2) is 36.4 Å². The Balaban J connectivity index is 1.63. The second kappa shape index (κ2) is 10.5. The molecule has 1 aliphatic rings. The van der Waals surface area contributed by atoms with Crippen molar-refractivity contribution in [1.29, 1.82) is 0 Å².